The first-order valence-corrected chi connectivity index (χ1v) is 5.77. The Hall–Kier alpha value is -2.08. The van der Waals surface area contributed by atoms with Gasteiger partial charge in [-0.3, -0.25) is 0 Å². The van der Waals surface area contributed by atoms with E-state index < -0.39 is 0 Å². The van der Waals surface area contributed by atoms with E-state index >= 15 is 0 Å². The molecule has 0 amide bonds. The molecular weight excluding hydrogens is 236 g/mol. The highest BCUT2D eigenvalue weighted by Crippen LogP contribution is 2.17. The third-order valence-corrected chi connectivity index (χ3v) is 2.81. The van der Waals surface area contributed by atoms with Crippen LogP contribution in [0.15, 0.2) is 34.8 Å². The van der Waals surface area contributed by atoms with Crippen LogP contribution >= 0.6 is 11.3 Å². The summed E-state index contributed by atoms with van der Waals surface area (Å²) in [5.74, 6) is 0. The molecule has 0 saturated heterocycles. The summed E-state index contributed by atoms with van der Waals surface area (Å²) in [5.41, 5.74) is 14.2. The molecule has 1 heterocycles. The number of nitrogen functional groups attached to an aromatic ring is 2. The number of nitrogens with two attached hydrogens (primary N) is 2. The van der Waals surface area contributed by atoms with Crippen molar-refractivity contribution in [3.63, 3.8) is 0 Å². The van der Waals surface area contributed by atoms with Crippen molar-refractivity contribution in [2.75, 3.05) is 18.6 Å². The molecule has 0 unspecified atom stereocenters. The maximum atomic E-state index is 5.64. The zero-order valence-electron chi connectivity index (χ0n) is 9.25. The molecule has 0 aliphatic carbocycles. The molecule has 0 atom stereocenters. The molecule has 2 rings (SSSR count). The molecule has 0 radical (unpaired) electrons. The third-order valence-electron chi connectivity index (χ3n) is 2.13. The van der Waals surface area contributed by atoms with E-state index in [0.717, 1.165) is 5.56 Å². The second-order valence-corrected chi connectivity index (χ2v) is 4.21. The minimum absolute atomic E-state index is 0.499. The second-order valence-electron chi connectivity index (χ2n) is 3.32. The van der Waals surface area contributed by atoms with E-state index in [0.29, 0.717) is 22.2 Å². The van der Waals surface area contributed by atoms with Crippen LogP contribution in [0.5, 0.6) is 0 Å². The van der Waals surface area contributed by atoms with Crippen LogP contribution in [0.1, 0.15) is 11.3 Å². The van der Waals surface area contributed by atoms with Crippen LogP contribution < -0.4 is 11.5 Å². The Morgan fingerprint density at radius 3 is 2.53 bits per heavy atom. The Labute approximate surface area is 103 Å². The lowest BCUT2D eigenvalue weighted by Crippen LogP contribution is -2.05. The number of nitrogens with zero attached hydrogens (tertiary/aromatic N) is 2. The summed E-state index contributed by atoms with van der Waals surface area (Å²) < 4.78 is 0. The Morgan fingerprint density at radius 2 is 2.00 bits per heavy atom. The molecule has 1 aromatic heterocycles. The topological polar surface area (TPSA) is 86.5 Å². The van der Waals surface area contributed by atoms with E-state index in [4.69, 9.17) is 16.3 Å². The van der Waals surface area contributed by atoms with E-state index in [2.05, 4.69) is 10.1 Å². The maximum Gasteiger partial charge on any atom is 0.180 e. The van der Waals surface area contributed by atoms with Gasteiger partial charge in [-0.15, -0.1) is 11.3 Å². The fourth-order valence-electron chi connectivity index (χ4n) is 1.38. The van der Waals surface area contributed by atoms with Gasteiger partial charge in [-0.2, -0.15) is 0 Å². The van der Waals surface area contributed by atoms with Gasteiger partial charge in [0.2, 0.25) is 0 Å². The van der Waals surface area contributed by atoms with Crippen LogP contribution in [0.25, 0.3) is 0 Å². The van der Waals surface area contributed by atoms with Crippen molar-refractivity contribution in [1.82, 2.24) is 4.98 Å². The number of anilines is 2. The molecule has 6 heteroatoms. The van der Waals surface area contributed by atoms with Gasteiger partial charge in [0.05, 0.1) is 0 Å². The van der Waals surface area contributed by atoms with Gasteiger partial charge in [0.1, 0.15) is 18.5 Å². The lowest BCUT2D eigenvalue weighted by Gasteiger charge is -2.03. The fraction of sp³-hybridized carbons (Fsp3) is 0.0909. The van der Waals surface area contributed by atoms with Crippen molar-refractivity contribution in [3.8, 4) is 0 Å². The van der Waals surface area contributed by atoms with Gasteiger partial charge in [0, 0.05) is 16.6 Å². The Morgan fingerprint density at radius 1 is 1.29 bits per heavy atom. The Bertz CT molecular complexity index is 533. The Balaban J connectivity index is 2.43. The fourth-order valence-corrected chi connectivity index (χ4v) is 1.92. The van der Waals surface area contributed by atoms with Crippen LogP contribution in [0.4, 0.5) is 10.8 Å². The van der Waals surface area contributed by atoms with Crippen molar-refractivity contribution in [3.05, 3.63) is 40.9 Å². The van der Waals surface area contributed by atoms with Crippen molar-refractivity contribution < 1.29 is 4.84 Å². The normalized spacial score (nSPS) is 11.5. The predicted molar refractivity (Wildman–Crippen MR) is 70.0 cm³/mol. The van der Waals surface area contributed by atoms with Crippen molar-refractivity contribution in [1.29, 1.82) is 0 Å². The Kier molecular flexibility index (Phi) is 3.24. The number of oxime groups is 1. The average molecular weight is 248 g/mol. The van der Waals surface area contributed by atoms with Crippen LogP contribution in [0.3, 0.4) is 0 Å². The number of rotatable bonds is 3. The van der Waals surface area contributed by atoms with Crippen molar-refractivity contribution in [2.45, 2.75) is 0 Å². The van der Waals surface area contributed by atoms with E-state index in [1.165, 1.54) is 18.4 Å². The van der Waals surface area contributed by atoms with Gasteiger partial charge in [-0.05, 0) is 12.1 Å². The van der Waals surface area contributed by atoms with Gasteiger partial charge < -0.3 is 16.3 Å². The highest BCUT2D eigenvalue weighted by atomic mass is 32.1. The number of hydrogen-bond acceptors (Lipinski definition) is 6. The summed E-state index contributed by atoms with van der Waals surface area (Å²) in [5, 5.41) is 6.31. The largest absolute Gasteiger partial charge is 0.399 e. The number of hydrogen-bond donors (Lipinski definition) is 2. The zero-order valence-corrected chi connectivity index (χ0v) is 10.1. The lowest BCUT2D eigenvalue weighted by atomic mass is 10.1. The van der Waals surface area contributed by atoms with E-state index in [-0.39, 0.29) is 0 Å². The van der Waals surface area contributed by atoms with Crippen LogP contribution in [-0.4, -0.2) is 17.8 Å². The minimum Gasteiger partial charge on any atom is -0.399 e. The standard InChI is InChI=1S/C11H12N4OS/c1-16-15-10(9-6-17-11(13)14-9)7-2-4-8(12)5-3-7/h2-6H,12H2,1H3,(H2,13,14)/b15-10-. The molecular formula is C11H12N4OS. The average Bonchev–Trinajstić information content (AvgIpc) is 2.74. The molecule has 0 bridgehead atoms. The molecule has 88 valence electrons. The van der Waals surface area contributed by atoms with Crippen LogP contribution in [-0.2, 0) is 4.84 Å². The van der Waals surface area contributed by atoms with Crippen molar-refractivity contribution >= 4 is 27.9 Å². The molecule has 0 fully saturated rings. The van der Waals surface area contributed by atoms with Gasteiger partial charge in [-0.25, -0.2) is 4.98 Å². The molecule has 4 N–H and O–H groups in total. The molecule has 0 saturated carbocycles. The monoisotopic (exact) mass is 248 g/mol. The lowest BCUT2D eigenvalue weighted by molar-refractivity contribution is 0.214. The summed E-state index contributed by atoms with van der Waals surface area (Å²) >= 11 is 1.36. The van der Waals surface area contributed by atoms with E-state index in [9.17, 15) is 0 Å². The summed E-state index contributed by atoms with van der Waals surface area (Å²) in [7, 11) is 1.49. The van der Waals surface area contributed by atoms with Gasteiger partial charge in [0.15, 0.2) is 5.13 Å². The molecule has 0 aliphatic heterocycles. The number of thiazole rings is 1. The van der Waals surface area contributed by atoms with Crippen molar-refractivity contribution in [2.24, 2.45) is 5.16 Å². The van der Waals surface area contributed by atoms with E-state index in [1.807, 2.05) is 17.5 Å². The SMILES string of the molecule is CO/N=C(/c1ccc(N)cc1)c1csc(N)n1. The number of aromatic nitrogens is 1. The first kappa shape index (κ1) is 11.4. The van der Waals surface area contributed by atoms with Crippen LogP contribution in [0.2, 0.25) is 0 Å². The molecule has 5 nitrogen and oxygen atoms in total. The molecule has 1 aromatic carbocycles. The minimum atomic E-state index is 0.499. The first-order valence-electron chi connectivity index (χ1n) is 4.89. The quantitative estimate of drug-likeness (QED) is 0.492. The van der Waals surface area contributed by atoms with Gasteiger partial charge in [-0.1, -0.05) is 17.3 Å². The zero-order chi connectivity index (χ0) is 12.3. The van der Waals surface area contributed by atoms with E-state index in [1.54, 1.807) is 12.1 Å². The van der Waals surface area contributed by atoms with Crippen LogP contribution in [0, 0.1) is 0 Å². The molecule has 0 aliphatic rings. The summed E-state index contributed by atoms with van der Waals surface area (Å²) in [6, 6.07) is 7.33. The second kappa shape index (κ2) is 4.84. The highest BCUT2D eigenvalue weighted by molar-refractivity contribution is 7.13. The molecule has 0 spiro atoms. The summed E-state index contributed by atoms with van der Waals surface area (Å²) in [4.78, 5) is 9.02. The molecule has 2 aromatic rings. The predicted octanol–water partition coefficient (Wildman–Crippen LogP) is 1.71. The highest BCUT2D eigenvalue weighted by Gasteiger charge is 2.11. The molecule has 17 heavy (non-hydrogen) atoms. The smallest absolute Gasteiger partial charge is 0.180 e. The first-order chi connectivity index (χ1) is 8.20. The maximum absolute atomic E-state index is 5.64. The summed E-state index contributed by atoms with van der Waals surface area (Å²) in [6.07, 6.45) is 0. The third kappa shape index (κ3) is 2.54. The number of benzene rings is 1. The van der Waals surface area contributed by atoms with Gasteiger partial charge >= 0.3 is 0 Å². The summed E-state index contributed by atoms with van der Waals surface area (Å²) in [6.45, 7) is 0. The van der Waals surface area contributed by atoms with Gasteiger partial charge in [0.25, 0.3) is 0 Å².